The average Bonchev–Trinajstić information content (AvgIpc) is 2.42. The zero-order chi connectivity index (χ0) is 13.8. The molecule has 0 saturated carbocycles. The predicted octanol–water partition coefficient (Wildman–Crippen LogP) is 1.48. The van der Waals surface area contributed by atoms with Crippen LogP contribution in [-0.4, -0.2) is 42.6 Å². The number of nitrogens with one attached hydrogen (secondary N) is 1. The highest BCUT2D eigenvalue weighted by Gasteiger charge is 2.32. The van der Waals surface area contributed by atoms with Crippen molar-refractivity contribution in [3.05, 3.63) is 29.3 Å². The Balaban J connectivity index is 2.35. The van der Waals surface area contributed by atoms with Gasteiger partial charge in [-0.25, -0.2) is 8.78 Å². The van der Waals surface area contributed by atoms with Crippen LogP contribution in [0.3, 0.4) is 0 Å². The number of piperazine rings is 1. The molecule has 0 radical (unpaired) electrons. The highest BCUT2D eigenvalue weighted by molar-refractivity contribution is 5.43. The van der Waals surface area contributed by atoms with Crippen molar-refractivity contribution in [1.29, 1.82) is 5.26 Å². The molecule has 1 fully saturated rings. The molecule has 1 aromatic rings. The number of hydrogen-bond donors (Lipinski definition) is 2. The van der Waals surface area contributed by atoms with Gasteiger partial charge in [0.2, 0.25) is 0 Å². The first-order chi connectivity index (χ1) is 9.13. The van der Waals surface area contributed by atoms with Gasteiger partial charge in [0.15, 0.2) is 0 Å². The van der Waals surface area contributed by atoms with Crippen LogP contribution < -0.4 is 5.32 Å². The molecule has 2 N–H and O–H groups in total. The van der Waals surface area contributed by atoms with Gasteiger partial charge in [-0.3, -0.25) is 4.90 Å². The number of rotatable bonds is 3. The van der Waals surface area contributed by atoms with E-state index >= 15 is 0 Å². The van der Waals surface area contributed by atoms with Crippen molar-refractivity contribution in [2.24, 2.45) is 0 Å². The Morgan fingerprint density at radius 3 is 2.58 bits per heavy atom. The highest BCUT2D eigenvalue weighted by Crippen LogP contribution is 2.34. The standard InChI is InChI=1S/C13H15F2N3O/c14-13(15)12(18-5-3-17-4-6-18)10-7-9(8-16)1-2-11(10)19/h1-2,7,12-13,17,19H,3-6H2/t12-/m0/s1. The summed E-state index contributed by atoms with van der Waals surface area (Å²) in [6.45, 7) is 2.26. The molecule has 0 unspecified atom stereocenters. The number of benzene rings is 1. The van der Waals surface area contributed by atoms with Crippen molar-refractivity contribution >= 4 is 0 Å². The van der Waals surface area contributed by atoms with Crippen LogP contribution in [0.1, 0.15) is 17.2 Å². The Morgan fingerprint density at radius 2 is 2.00 bits per heavy atom. The maximum atomic E-state index is 13.3. The second kappa shape index (κ2) is 5.95. The molecule has 102 valence electrons. The van der Waals surface area contributed by atoms with E-state index < -0.39 is 12.5 Å². The second-order valence-electron chi connectivity index (χ2n) is 4.45. The molecular formula is C13H15F2N3O. The van der Waals surface area contributed by atoms with Gasteiger partial charge in [0.1, 0.15) is 11.8 Å². The van der Waals surface area contributed by atoms with Crippen LogP contribution in [-0.2, 0) is 0 Å². The normalized spacial score (nSPS) is 18.2. The molecule has 0 aliphatic carbocycles. The van der Waals surface area contributed by atoms with Crippen molar-refractivity contribution in [1.82, 2.24) is 10.2 Å². The third-order valence-corrected chi connectivity index (χ3v) is 3.26. The van der Waals surface area contributed by atoms with Crippen molar-refractivity contribution in [2.45, 2.75) is 12.5 Å². The van der Waals surface area contributed by atoms with Gasteiger partial charge < -0.3 is 10.4 Å². The van der Waals surface area contributed by atoms with E-state index in [4.69, 9.17) is 5.26 Å². The lowest BCUT2D eigenvalue weighted by atomic mass is 10.0. The summed E-state index contributed by atoms with van der Waals surface area (Å²) < 4.78 is 26.7. The Bertz CT molecular complexity index is 481. The van der Waals surface area contributed by atoms with E-state index in [1.54, 1.807) is 4.90 Å². The van der Waals surface area contributed by atoms with Crippen LogP contribution in [0.15, 0.2) is 18.2 Å². The quantitative estimate of drug-likeness (QED) is 0.870. The Morgan fingerprint density at radius 1 is 1.32 bits per heavy atom. The van der Waals surface area contributed by atoms with Crippen molar-refractivity contribution in [3.8, 4) is 11.8 Å². The molecule has 19 heavy (non-hydrogen) atoms. The van der Waals surface area contributed by atoms with E-state index in [9.17, 15) is 13.9 Å². The minimum Gasteiger partial charge on any atom is -0.508 e. The minimum atomic E-state index is -2.61. The number of aromatic hydroxyl groups is 1. The van der Waals surface area contributed by atoms with E-state index in [0.29, 0.717) is 26.2 Å². The van der Waals surface area contributed by atoms with Gasteiger partial charge >= 0.3 is 0 Å². The molecule has 1 saturated heterocycles. The zero-order valence-corrected chi connectivity index (χ0v) is 10.3. The van der Waals surface area contributed by atoms with Crippen LogP contribution >= 0.6 is 0 Å². The molecule has 4 nitrogen and oxygen atoms in total. The summed E-state index contributed by atoms with van der Waals surface area (Å²) in [6, 6.07) is 4.79. The first-order valence-corrected chi connectivity index (χ1v) is 6.09. The average molecular weight is 267 g/mol. The zero-order valence-electron chi connectivity index (χ0n) is 10.3. The number of halogens is 2. The van der Waals surface area contributed by atoms with Crippen LogP contribution in [0.25, 0.3) is 0 Å². The van der Waals surface area contributed by atoms with E-state index in [0.717, 1.165) is 0 Å². The van der Waals surface area contributed by atoms with E-state index in [1.165, 1.54) is 18.2 Å². The van der Waals surface area contributed by atoms with Gasteiger partial charge in [0.25, 0.3) is 6.43 Å². The minimum absolute atomic E-state index is 0.121. The number of nitriles is 1. The summed E-state index contributed by atoms with van der Waals surface area (Å²) in [5.74, 6) is -0.192. The molecule has 1 heterocycles. The molecule has 2 rings (SSSR count). The van der Waals surface area contributed by atoms with Gasteiger partial charge in [-0.1, -0.05) is 0 Å². The Kier molecular flexibility index (Phi) is 4.30. The fourth-order valence-corrected chi connectivity index (χ4v) is 2.31. The maximum absolute atomic E-state index is 13.3. The first-order valence-electron chi connectivity index (χ1n) is 6.09. The lowest BCUT2D eigenvalue weighted by molar-refractivity contribution is 0.0170. The molecule has 1 atom stereocenters. The maximum Gasteiger partial charge on any atom is 0.258 e. The number of hydrogen-bond acceptors (Lipinski definition) is 4. The third-order valence-electron chi connectivity index (χ3n) is 3.26. The molecular weight excluding hydrogens is 252 g/mol. The molecule has 1 aliphatic rings. The molecule has 0 amide bonds. The summed E-state index contributed by atoms with van der Waals surface area (Å²) >= 11 is 0. The molecule has 1 aromatic carbocycles. The molecule has 0 aromatic heterocycles. The van der Waals surface area contributed by atoms with Crippen LogP contribution in [0.5, 0.6) is 5.75 Å². The van der Waals surface area contributed by atoms with Crippen LogP contribution in [0, 0.1) is 11.3 Å². The monoisotopic (exact) mass is 267 g/mol. The van der Waals surface area contributed by atoms with Gasteiger partial charge in [-0.2, -0.15) is 5.26 Å². The number of nitrogens with zero attached hydrogens (tertiary/aromatic N) is 2. The molecule has 6 heteroatoms. The molecule has 0 spiro atoms. The van der Waals surface area contributed by atoms with Gasteiger partial charge in [-0.05, 0) is 18.2 Å². The van der Waals surface area contributed by atoms with E-state index in [1.807, 2.05) is 6.07 Å². The largest absolute Gasteiger partial charge is 0.508 e. The van der Waals surface area contributed by atoms with E-state index in [2.05, 4.69) is 5.32 Å². The topological polar surface area (TPSA) is 59.3 Å². The van der Waals surface area contributed by atoms with Crippen molar-refractivity contribution in [2.75, 3.05) is 26.2 Å². The first kappa shape index (κ1) is 13.7. The van der Waals surface area contributed by atoms with Crippen LogP contribution in [0.2, 0.25) is 0 Å². The van der Waals surface area contributed by atoms with E-state index in [-0.39, 0.29) is 16.9 Å². The fourth-order valence-electron chi connectivity index (χ4n) is 2.31. The van der Waals surface area contributed by atoms with Crippen molar-refractivity contribution < 1.29 is 13.9 Å². The van der Waals surface area contributed by atoms with Gasteiger partial charge in [0, 0.05) is 31.7 Å². The smallest absolute Gasteiger partial charge is 0.258 e. The SMILES string of the molecule is N#Cc1ccc(O)c([C@@H](C(F)F)N2CCNCC2)c1. The number of alkyl halides is 2. The highest BCUT2D eigenvalue weighted by atomic mass is 19.3. The lowest BCUT2D eigenvalue weighted by Crippen LogP contribution is -2.46. The summed E-state index contributed by atoms with van der Waals surface area (Å²) in [7, 11) is 0. The molecule has 1 aliphatic heterocycles. The summed E-state index contributed by atoms with van der Waals surface area (Å²) in [5.41, 5.74) is 0.393. The predicted molar refractivity (Wildman–Crippen MR) is 66.0 cm³/mol. The lowest BCUT2D eigenvalue weighted by Gasteiger charge is -2.34. The number of phenolic OH excluding ortho intramolecular Hbond substituents is 1. The summed E-state index contributed by atoms with van der Waals surface area (Å²) in [6.07, 6.45) is -2.61. The Labute approximate surface area is 110 Å². The van der Waals surface area contributed by atoms with Crippen LogP contribution in [0.4, 0.5) is 8.78 Å². The van der Waals surface area contributed by atoms with Crippen molar-refractivity contribution in [3.63, 3.8) is 0 Å². The number of phenols is 1. The summed E-state index contributed by atoms with van der Waals surface area (Å²) in [4.78, 5) is 1.64. The second-order valence-corrected chi connectivity index (χ2v) is 4.45. The van der Waals surface area contributed by atoms with Gasteiger partial charge in [-0.15, -0.1) is 0 Å². The molecule has 0 bridgehead atoms. The fraction of sp³-hybridized carbons (Fsp3) is 0.462. The Hall–Kier alpha value is -1.71. The summed E-state index contributed by atoms with van der Waals surface area (Å²) in [5, 5.41) is 21.7. The third kappa shape index (κ3) is 3.00. The van der Waals surface area contributed by atoms with Gasteiger partial charge in [0.05, 0.1) is 11.6 Å².